The van der Waals surface area contributed by atoms with Gasteiger partial charge in [-0.1, -0.05) is 73.0 Å². The normalized spacial score (nSPS) is 10.6. The minimum atomic E-state index is 0. The standard InChI is InChI=1S/C26H20.2Li/c1-17-13-21-5-3-7-23(25(21)15-17)19-9-11-20(12-10-19)24-8-4-6-22-14-18(2)16-26(22)24;;/h3-16H,1-2H3;;/q-2;2*+1. The van der Waals surface area contributed by atoms with E-state index in [-0.39, 0.29) is 37.7 Å². The van der Waals surface area contributed by atoms with Crippen LogP contribution in [0.15, 0.2) is 84.9 Å². The molecule has 0 saturated carbocycles. The van der Waals surface area contributed by atoms with Gasteiger partial charge in [0, 0.05) is 0 Å². The molecule has 0 bridgehead atoms. The first kappa shape index (κ1) is 20.8. The summed E-state index contributed by atoms with van der Waals surface area (Å²) in [5.74, 6) is 0. The molecule has 5 rings (SSSR count). The van der Waals surface area contributed by atoms with Gasteiger partial charge in [-0.3, -0.25) is 0 Å². The van der Waals surface area contributed by atoms with Gasteiger partial charge < -0.3 is 0 Å². The molecule has 0 aliphatic carbocycles. The molecule has 5 aromatic rings. The zero-order valence-electron chi connectivity index (χ0n) is 17.1. The first-order valence-electron chi connectivity index (χ1n) is 9.12. The van der Waals surface area contributed by atoms with Crippen LogP contribution in [-0.2, 0) is 0 Å². The van der Waals surface area contributed by atoms with E-state index < -0.39 is 0 Å². The first-order valence-corrected chi connectivity index (χ1v) is 9.12. The molecule has 28 heavy (non-hydrogen) atoms. The number of aryl methyl sites for hydroxylation is 2. The van der Waals surface area contributed by atoms with Crippen LogP contribution in [-0.4, -0.2) is 0 Å². The Morgan fingerprint density at radius 2 is 1.21 bits per heavy atom. The van der Waals surface area contributed by atoms with Gasteiger partial charge >= 0.3 is 37.7 Å². The predicted molar refractivity (Wildman–Crippen MR) is 113 cm³/mol. The number of rotatable bonds is 2. The van der Waals surface area contributed by atoms with Crippen molar-refractivity contribution < 1.29 is 37.7 Å². The summed E-state index contributed by atoms with van der Waals surface area (Å²) in [6.07, 6.45) is 0. The van der Waals surface area contributed by atoms with E-state index in [9.17, 15) is 0 Å². The maximum absolute atomic E-state index is 2.28. The summed E-state index contributed by atoms with van der Waals surface area (Å²) in [4.78, 5) is 0. The van der Waals surface area contributed by atoms with Crippen molar-refractivity contribution in [3.8, 4) is 22.3 Å². The molecular formula is C26H20Li2. The van der Waals surface area contributed by atoms with E-state index in [0.29, 0.717) is 0 Å². The van der Waals surface area contributed by atoms with Crippen LogP contribution < -0.4 is 37.7 Å². The van der Waals surface area contributed by atoms with E-state index in [0.717, 1.165) is 0 Å². The number of fused-ring (bicyclic) bond motifs is 2. The van der Waals surface area contributed by atoms with Gasteiger partial charge in [-0.25, -0.2) is 0 Å². The van der Waals surface area contributed by atoms with Crippen LogP contribution in [0, 0.1) is 13.8 Å². The molecule has 0 aliphatic rings. The van der Waals surface area contributed by atoms with Gasteiger partial charge in [-0.15, -0.1) is 63.0 Å². The third kappa shape index (κ3) is 3.55. The molecule has 0 atom stereocenters. The van der Waals surface area contributed by atoms with Gasteiger partial charge in [0.1, 0.15) is 0 Å². The molecule has 0 heterocycles. The Morgan fingerprint density at radius 3 is 1.96 bits per heavy atom. The van der Waals surface area contributed by atoms with E-state index in [4.69, 9.17) is 0 Å². The molecule has 0 aromatic heterocycles. The summed E-state index contributed by atoms with van der Waals surface area (Å²) in [7, 11) is 0. The molecule has 0 unspecified atom stereocenters. The zero-order chi connectivity index (χ0) is 17.7. The van der Waals surface area contributed by atoms with Crippen molar-refractivity contribution in [3.63, 3.8) is 0 Å². The molecule has 0 saturated heterocycles. The molecule has 0 radical (unpaired) electrons. The quantitative estimate of drug-likeness (QED) is 0.335. The van der Waals surface area contributed by atoms with E-state index in [1.54, 1.807) is 0 Å². The zero-order valence-corrected chi connectivity index (χ0v) is 17.1. The molecule has 126 valence electrons. The maximum Gasteiger partial charge on any atom is 1.00 e. The molecule has 5 aromatic carbocycles. The average Bonchev–Trinajstić information content (AvgIpc) is 3.22. The van der Waals surface area contributed by atoms with Crippen LogP contribution in [0.4, 0.5) is 0 Å². The third-order valence-electron chi connectivity index (χ3n) is 5.30. The Kier molecular flexibility index (Phi) is 6.10. The summed E-state index contributed by atoms with van der Waals surface area (Å²) in [6, 6.07) is 31.2. The summed E-state index contributed by atoms with van der Waals surface area (Å²) in [5.41, 5.74) is 7.81. The van der Waals surface area contributed by atoms with Crippen molar-refractivity contribution in [1.29, 1.82) is 0 Å². The number of hydrogen-bond acceptors (Lipinski definition) is 0. The number of hydrogen-bond donors (Lipinski definition) is 0. The topological polar surface area (TPSA) is 0 Å². The minimum Gasteiger partial charge on any atom is -0.165 e. The van der Waals surface area contributed by atoms with Crippen molar-refractivity contribution in [1.82, 2.24) is 0 Å². The van der Waals surface area contributed by atoms with E-state index in [2.05, 4.69) is 98.8 Å². The predicted octanol–water partition coefficient (Wildman–Crippen LogP) is 1.39. The van der Waals surface area contributed by atoms with Gasteiger partial charge in [-0.05, 0) is 5.56 Å². The van der Waals surface area contributed by atoms with Crippen LogP contribution in [0.5, 0.6) is 0 Å². The summed E-state index contributed by atoms with van der Waals surface area (Å²) >= 11 is 0. The molecule has 0 amide bonds. The average molecular weight is 346 g/mol. The molecule has 2 heteroatoms. The van der Waals surface area contributed by atoms with Crippen molar-refractivity contribution in [2.24, 2.45) is 0 Å². The van der Waals surface area contributed by atoms with E-state index >= 15 is 0 Å². The molecule has 0 fully saturated rings. The van der Waals surface area contributed by atoms with Crippen LogP contribution in [0.1, 0.15) is 11.1 Å². The minimum absolute atomic E-state index is 0. The SMILES string of the molecule is Cc1cc2c(-c3ccc(-c4cccc5cc(C)[cH-]c45)cc3)cccc2[cH-]1.[Li+].[Li+]. The Hall–Kier alpha value is -1.93. The summed E-state index contributed by atoms with van der Waals surface area (Å²) in [6.45, 7) is 4.32. The smallest absolute Gasteiger partial charge is 0.165 e. The Morgan fingerprint density at radius 1 is 0.607 bits per heavy atom. The van der Waals surface area contributed by atoms with Crippen LogP contribution in [0.2, 0.25) is 0 Å². The molecule has 0 aliphatic heterocycles. The maximum atomic E-state index is 2.28. The van der Waals surface area contributed by atoms with E-state index in [1.807, 2.05) is 0 Å². The largest absolute Gasteiger partial charge is 1.00 e. The van der Waals surface area contributed by atoms with Gasteiger partial charge in [-0.2, -0.15) is 12.1 Å². The van der Waals surface area contributed by atoms with E-state index in [1.165, 1.54) is 54.9 Å². The molecule has 0 N–H and O–H groups in total. The second-order valence-electron chi connectivity index (χ2n) is 7.26. The second-order valence-corrected chi connectivity index (χ2v) is 7.26. The van der Waals surface area contributed by atoms with Gasteiger partial charge in [0.15, 0.2) is 0 Å². The monoisotopic (exact) mass is 346 g/mol. The fourth-order valence-electron chi connectivity index (χ4n) is 4.10. The van der Waals surface area contributed by atoms with Gasteiger partial charge in [0.2, 0.25) is 0 Å². The molecule has 0 spiro atoms. The third-order valence-corrected chi connectivity index (χ3v) is 5.30. The van der Waals surface area contributed by atoms with Crippen molar-refractivity contribution in [3.05, 3.63) is 96.1 Å². The van der Waals surface area contributed by atoms with Crippen molar-refractivity contribution >= 4 is 21.5 Å². The molecular weight excluding hydrogens is 326 g/mol. The Bertz CT molecular complexity index is 1140. The first-order chi connectivity index (χ1) is 12.7. The van der Waals surface area contributed by atoms with Crippen LogP contribution in [0.25, 0.3) is 43.8 Å². The van der Waals surface area contributed by atoms with Crippen LogP contribution in [0.3, 0.4) is 0 Å². The molecule has 0 nitrogen and oxygen atoms in total. The fraction of sp³-hybridized carbons (Fsp3) is 0.0769. The summed E-state index contributed by atoms with van der Waals surface area (Å²) in [5, 5.41) is 5.32. The Labute approximate surface area is 190 Å². The fourth-order valence-corrected chi connectivity index (χ4v) is 4.10. The van der Waals surface area contributed by atoms with Gasteiger partial charge in [0.25, 0.3) is 0 Å². The number of benzene rings is 3. The van der Waals surface area contributed by atoms with Gasteiger partial charge in [0.05, 0.1) is 0 Å². The second kappa shape index (κ2) is 8.21. The summed E-state index contributed by atoms with van der Waals surface area (Å²) < 4.78 is 0. The Balaban J connectivity index is 0.00000112. The van der Waals surface area contributed by atoms with Crippen molar-refractivity contribution in [2.45, 2.75) is 13.8 Å². The van der Waals surface area contributed by atoms with Crippen LogP contribution >= 0.6 is 0 Å². The van der Waals surface area contributed by atoms with Crippen molar-refractivity contribution in [2.75, 3.05) is 0 Å².